The van der Waals surface area contributed by atoms with E-state index in [0.29, 0.717) is 11.3 Å². The Balaban J connectivity index is 1.89. The van der Waals surface area contributed by atoms with Crippen molar-refractivity contribution < 1.29 is 19.2 Å². The van der Waals surface area contributed by atoms with Crippen LogP contribution in [-0.2, 0) is 16.2 Å². The number of non-ortho nitro benzene ring substituents is 1. The number of hydrogen-bond donors (Lipinski definition) is 2. The van der Waals surface area contributed by atoms with Crippen molar-refractivity contribution in [2.24, 2.45) is 5.10 Å². The van der Waals surface area contributed by atoms with Gasteiger partial charge in [-0.1, -0.05) is 18.2 Å². The number of carbonyl (C=O) groups is 2. The Morgan fingerprint density at radius 3 is 2.61 bits per heavy atom. The van der Waals surface area contributed by atoms with E-state index in [1.54, 1.807) is 36.4 Å². The summed E-state index contributed by atoms with van der Waals surface area (Å²) in [5.41, 5.74) is 3.56. The molecule has 2 aromatic carbocycles. The van der Waals surface area contributed by atoms with Crippen molar-refractivity contribution in [3.63, 3.8) is 0 Å². The van der Waals surface area contributed by atoms with Crippen LogP contribution in [0, 0.1) is 10.1 Å². The highest BCUT2D eigenvalue weighted by Gasteiger charge is 2.10. The number of hydrazone groups is 1. The molecule has 2 amide bonds. The van der Waals surface area contributed by atoms with Gasteiger partial charge < -0.3 is 10.1 Å². The van der Waals surface area contributed by atoms with Crippen LogP contribution in [0.3, 0.4) is 0 Å². The van der Waals surface area contributed by atoms with Crippen molar-refractivity contribution >= 4 is 23.7 Å². The van der Waals surface area contributed by atoms with Crippen LogP contribution in [0.2, 0.25) is 0 Å². The van der Waals surface area contributed by atoms with Crippen LogP contribution in [0.4, 0.5) is 5.69 Å². The molecule has 2 aromatic rings. The second kappa shape index (κ2) is 10.2. The van der Waals surface area contributed by atoms with Gasteiger partial charge in [-0.3, -0.25) is 19.7 Å². The minimum Gasteiger partial charge on any atom is -0.489 e. The van der Waals surface area contributed by atoms with Gasteiger partial charge in [-0.15, -0.1) is 6.58 Å². The predicted molar refractivity (Wildman–Crippen MR) is 103 cm³/mol. The maximum Gasteiger partial charge on any atom is 0.329 e. The number of ether oxygens (including phenoxy) is 1. The molecule has 9 heteroatoms. The van der Waals surface area contributed by atoms with Gasteiger partial charge in [0.1, 0.15) is 12.4 Å². The fraction of sp³-hybridized carbons (Fsp3) is 0.105. The quantitative estimate of drug-likeness (QED) is 0.237. The lowest BCUT2D eigenvalue weighted by molar-refractivity contribution is -0.384. The van der Waals surface area contributed by atoms with Crippen molar-refractivity contribution in [3.05, 3.63) is 82.4 Å². The van der Waals surface area contributed by atoms with Crippen LogP contribution in [0.25, 0.3) is 0 Å². The standard InChI is InChI=1S/C19H18N4O5/c1-2-10-20-18(24)19(25)22-21-12-15-4-3-5-17(11-15)28-13-14-6-8-16(9-7-14)23(26)27/h2-9,11-12H,1,10,13H2,(H,20,24)(H,22,25)/b21-12-. The first-order valence-corrected chi connectivity index (χ1v) is 8.18. The van der Waals surface area contributed by atoms with Gasteiger partial charge in [0.05, 0.1) is 11.1 Å². The van der Waals surface area contributed by atoms with Crippen molar-refractivity contribution in [1.82, 2.24) is 10.7 Å². The Morgan fingerprint density at radius 2 is 1.93 bits per heavy atom. The average molecular weight is 382 g/mol. The van der Waals surface area contributed by atoms with E-state index in [9.17, 15) is 19.7 Å². The zero-order valence-electron chi connectivity index (χ0n) is 14.8. The maximum absolute atomic E-state index is 11.5. The summed E-state index contributed by atoms with van der Waals surface area (Å²) < 4.78 is 5.65. The fourth-order valence-corrected chi connectivity index (χ4v) is 2.03. The van der Waals surface area contributed by atoms with Crippen LogP contribution in [0.5, 0.6) is 5.75 Å². The second-order valence-electron chi connectivity index (χ2n) is 5.48. The SMILES string of the molecule is C=CCNC(=O)C(=O)N/N=C\c1cccc(OCc2ccc([N+](=O)[O-])cc2)c1. The van der Waals surface area contributed by atoms with E-state index in [0.717, 1.165) is 5.56 Å². The molecule has 28 heavy (non-hydrogen) atoms. The smallest absolute Gasteiger partial charge is 0.329 e. The molecule has 0 fully saturated rings. The van der Waals surface area contributed by atoms with Crippen molar-refractivity contribution in [1.29, 1.82) is 0 Å². The third-order valence-electron chi connectivity index (χ3n) is 3.40. The molecule has 0 unspecified atom stereocenters. The monoisotopic (exact) mass is 382 g/mol. The van der Waals surface area contributed by atoms with Crippen LogP contribution in [-0.4, -0.2) is 29.5 Å². The Hall–Kier alpha value is -4.01. The van der Waals surface area contributed by atoms with Gasteiger partial charge >= 0.3 is 11.8 Å². The average Bonchev–Trinajstić information content (AvgIpc) is 2.71. The van der Waals surface area contributed by atoms with Crippen LogP contribution in [0.1, 0.15) is 11.1 Å². The first kappa shape index (κ1) is 20.3. The van der Waals surface area contributed by atoms with Gasteiger partial charge in [-0.05, 0) is 35.4 Å². The largest absolute Gasteiger partial charge is 0.489 e. The molecule has 0 bridgehead atoms. The summed E-state index contributed by atoms with van der Waals surface area (Å²) in [6.45, 7) is 3.85. The highest BCUT2D eigenvalue weighted by molar-refractivity contribution is 6.35. The summed E-state index contributed by atoms with van der Waals surface area (Å²) >= 11 is 0. The molecular formula is C19H18N4O5. The third-order valence-corrected chi connectivity index (χ3v) is 3.40. The lowest BCUT2D eigenvalue weighted by Crippen LogP contribution is -2.37. The van der Waals surface area contributed by atoms with Crippen LogP contribution < -0.4 is 15.5 Å². The molecule has 0 atom stereocenters. The second-order valence-corrected chi connectivity index (χ2v) is 5.48. The molecule has 0 aliphatic carbocycles. The molecule has 0 aromatic heterocycles. The summed E-state index contributed by atoms with van der Waals surface area (Å²) in [5, 5.41) is 16.7. The van der Waals surface area contributed by atoms with Crippen LogP contribution in [0.15, 0.2) is 66.3 Å². The first-order valence-electron chi connectivity index (χ1n) is 8.18. The number of nitro groups is 1. The molecule has 0 aliphatic heterocycles. The molecule has 0 saturated carbocycles. The normalized spacial score (nSPS) is 10.3. The number of benzene rings is 2. The van der Waals surface area contributed by atoms with Crippen molar-refractivity contribution in [2.75, 3.05) is 6.54 Å². The fourth-order valence-electron chi connectivity index (χ4n) is 2.03. The number of carbonyl (C=O) groups excluding carboxylic acids is 2. The Kier molecular flexibility index (Phi) is 7.41. The summed E-state index contributed by atoms with van der Waals surface area (Å²) in [7, 11) is 0. The molecule has 9 nitrogen and oxygen atoms in total. The number of nitrogens with zero attached hydrogens (tertiary/aromatic N) is 2. The number of amides is 2. The van der Waals surface area contributed by atoms with Gasteiger partial charge in [0, 0.05) is 18.7 Å². The zero-order valence-corrected chi connectivity index (χ0v) is 14.8. The van der Waals surface area contributed by atoms with Gasteiger partial charge in [0.25, 0.3) is 5.69 Å². The van der Waals surface area contributed by atoms with E-state index in [1.807, 2.05) is 0 Å². The number of nitro benzene ring substituents is 1. The topological polar surface area (TPSA) is 123 Å². The summed E-state index contributed by atoms with van der Waals surface area (Å²) in [6, 6.07) is 13.0. The molecule has 0 aliphatic rings. The first-order chi connectivity index (χ1) is 13.5. The van der Waals surface area contributed by atoms with Crippen molar-refractivity contribution in [3.8, 4) is 5.75 Å². The predicted octanol–water partition coefficient (Wildman–Crippen LogP) is 1.93. The minimum absolute atomic E-state index is 0.0159. The number of hydrogen-bond acceptors (Lipinski definition) is 6. The van der Waals surface area contributed by atoms with Crippen molar-refractivity contribution in [2.45, 2.75) is 6.61 Å². The Bertz CT molecular complexity index is 893. The molecule has 2 rings (SSSR count). The van der Waals surface area contributed by atoms with E-state index in [1.165, 1.54) is 24.4 Å². The molecular weight excluding hydrogens is 364 g/mol. The Labute approximate surface area is 160 Å². The maximum atomic E-state index is 11.5. The van der Waals surface area contributed by atoms with Crippen LogP contribution >= 0.6 is 0 Å². The molecule has 144 valence electrons. The lowest BCUT2D eigenvalue weighted by Gasteiger charge is -2.07. The summed E-state index contributed by atoms with van der Waals surface area (Å²) in [6.07, 6.45) is 2.83. The van der Waals surface area contributed by atoms with E-state index < -0.39 is 16.7 Å². The number of nitrogens with one attached hydrogen (secondary N) is 2. The third kappa shape index (κ3) is 6.37. The molecule has 0 spiro atoms. The molecule has 0 saturated heterocycles. The molecule has 2 N–H and O–H groups in total. The van der Waals surface area contributed by atoms with E-state index in [2.05, 4.69) is 22.4 Å². The molecule has 0 radical (unpaired) electrons. The van der Waals surface area contributed by atoms with E-state index in [-0.39, 0.29) is 18.8 Å². The van der Waals surface area contributed by atoms with Gasteiger partial charge in [-0.2, -0.15) is 5.10 Å². The lowest BCUT2D eigenvalue weighted by atomic mass is 10.2. The minimum atomic E-state index is -0.885. The highest BCUT2D eigenvalue weighted by atomic mass is 16.6. The van der Waals surface area contributed by atoms with Gasteiger partial charge in [-0.25, -0.2) is 5.43 Å². The van der Waals surface area contributed by atoms with Gasteiger partial charge in [0.2, 0.25) is 0 Å². The van der Waals surface area contributed by atoms with E-state index in [4.69, 9.17) is 4.74 Å². The summed E-state index contributed by atoms with van der Waals surface area (Å²) in [5.74, 6) is -1.14. The molecule has 0 heterocycles. The van der Waals surface area contributed by atoms with Gasteiger partial charge in [0.15, 0.2) is 0 Å². The highest BCUT2D eigenvalue weighted by Crippen LogP contribution is 2.16. The zero-order chi connectivity index (χ0) is 20.4. The Morgan fingerprint density at radius 1 is 1.18 bits per heavy atom. The summed E-state index contributed by atoms with van der Waals surface area (Å²) in [4.78, 5) is 33.1. The van der Waals surface area contributed by atoms with E-state index >= 15 is 0 Å². The number of rotatable bonds is 8.